The summed E-state index contributed by atoms with van der Waals surface area (Å²) in [4.78, 5) is 29.2. The molecule has 14 heteroatoms. The number of aromatic amines is 1. The molecule has 226 valence electrons. The standard InChI is InChI=1S/C28H34F3N7O4/c1-16(2)33-25-21-19(28(29,30)31)15-32-24(21)35-27(36-25)34-20-4-3-18(22-23(20)42-14-13-41-22)26(39)38-7-5-17(6-8-38)37-9-11-40-12-10-37/h3-4,15-17H,5-14H2,1-2H3,(H3,32,33,34,35,36). The number of aromatic nitrogens is 3. The van der Waals surface area contributed by atoms with Crippen LogP contribution in [0.3, 0.4) is 0 Å². The van der Waals surface area contributed by atoms with Crippen LogP contribution in [-0.2, 0) is 10.9 Å². The van der Waals surface area contributed by atoms with Crippen LogP contribution in [-0.4, -0.2) is 95.3 Å². The van der Waals surface area contributed by atoms with Crippen molar-refractivity contribution < 1.29 is 32.2 Å². The molecule has 42 heavy (non-hydrogen) atoms. The van der Waals surface area contributed by atoms with Crippen LogP contribution >= 0.6 is 0 Å². The number of nitrogens with one attached hydrogen (secondary N) is 3. The second-order valence-corrected chi connectivity index (χ2v) is 10.9. The van der Waals surface area contributed by atoms with Gasteiger partial charge in [0.05, 0.1) is 35.4 Å². The van der Waals surface area contributed by atoms with E-state index >= 15 is 0 Å². The molecular weight excluding hydrogens is 555 g/mol. The molecule has 1 aromatic carbocycles. The van der Waals surface area contributed by atoms with Gasteiger partial charge in [0.15, 0.2) is 11.5 Å². The van der Waals surface area contributed by atoms with Crippen molar-refractivity contribution >= 4 is 34.4 Å². The molecule has 3 aliphatic heterocycles. The van der Waals surface area contributed by atoms with Crippen molar-refractivity contribution in [2.45, 2.75) is 44.9 Å². The number of halogens is 3. The highest BCUT2D eigenvalue weighted by atomic mass is 19.4. The Labute approximate surface area is 240 Å². The van der Waals surface area contributed by atoms with Gasteiger partial charge >= 0.3 is 6.18 Å². The van der Waals surface area contributed by atoms with Crippen LogP contribution in [0.2, 0.25) is 0 Å². The highest BCUT2D eigenvalue weighted by Crippen LogP contribution is 2.43. The monoisotopic (exact) mass is 589 g/mol. The maximum absolute atomic E-state index is 13.7. The van der Waals surface area contributed by atoms with E-state index in [-0.39, 0.29) is 48.0 Å². The zero-order valence-electron chi connectivity index (χ0n) is 23.5. The quantitative estimate of drug-likeness (QED) is 0.388. The van der Waals surface area contributed by atoms with Crippen LogP contribution < -0.4 is 20.1 Å². The minimum absolute atomic E-state index is 0.0290. The van der Waals surface area contributed by atoms with Gasteiger partial charge in [-0.1, -0.05) is 0 Å². The Hall–Kier alpha value is -3.78. The number of nitrogens with zero attached hydrogens (tertiary/aromatic N) is 4. The van der Waals surface area contributed by atoms with Crippen LogP contribution in [0, 0.1) is 0 Å². The SMILES string of the molecule is CC(C)Nc1nc(Nc2ccc(C(=O)N3CCC(N4CCOCC4)CC3)c3c2OCCO3)nc2[nH]cc(C(F)(F)F)c12. The predicted molar refractivity (Wildman–Crippen MR) is 150 cm³/mol. The zero-order chi connectivity index (χ0) is 29.4. The van der Waals surface area contributed by atoms with Gasteiger partial charge < -0.3 is 34.7 Å². The zero-order valence-corrected chi connectivity index (χ0v) is 23.5. The van der Waals surface area contributed by atoms with E-state index in [9.17, 15) is 18.0 Å². The lowest BCUT2D eigenvalue weighted by Gasteiger charge is -2.40. The fraction of sp³-hybridized carbons (Fsp3) is 0.536. The Kier molecular flexibility index (Phi) is 7.75. The Morgan fingerprint density at radius 3 is 2.43 bits per heavy atom. The van der Waals surface area contributed by atoms with Crippen LogP contribution in [0.1, 0.15) is 42.6 Å². The molecule has 3 N–H and O–H groups in total. The van der Waals surface area contributed by atoms with Crippen molar-refractivity contribution in [3.8, 4) is 11.5 Å². The smallest absolute Gasteiger partial charge is 0.418 e. The van der Waals surface area contributed by atoms with Gasteiger partial charge in [0, 0.05) is 44.5 Å². The number of piperidine rings is 1. The molecule has 6 rings (SSSR count). The van der Waals surface area contributed by atoms with Gasteiger partial charge in [-0.25, -0.2) is 0 Å². The van der Waals surface area contributed by atoms with Crippen LogP contribution in [0.5, 0.6) is 11.5 Å². The third-order valence-electron chi connectivity index (χ3n) is 7.74. The third-order valence-corrected chi connectivity index (χ3v) is 7.74. The highest BCUT2D eigenvalue weighted by molar-refractivity contribution is 5.99. The number of fused-ring (bicyclic) bond motifs is 2. The summed E-state index contributed by atoms with van der Waals surface area (Å²) < 4.78 is 58.3. The average molecular weight is 590 g/mol. The van der Waals surface area contributed by atoms with Crippen molar-refractivity contribution in [3.05, 3.63) is 29.5 Å². The van der Waals surface area contributed by atoms with Crippen LogP contribution in [0.25, 0.3) is 11.0 Å². The van der Waals surface area contributed by atoms with E-state index in [1.165, 1.54) is 0 Å². The topological polar surface area (TPSA) is 117 Å². The Morgan fingerprint density at radius 1 is 1.02 bits per heavy atom. The number of carbonyl (C=O) groups is 1. The number of morpholine rings is 1. The van der Waals surface area contributed by atoms with E-state index in [4.69, 9.17) is 14.2 Å². The van der Waals surface area contributed by atoms with Gasteiger partial charge in [-0.15, -0.1) is 0 Å². The summed E-state index contributed by atoms with van der Waals surface area (Å²) in [6.07, 6.45) is -1.90. The molecule has 2 aromatic heterocycles. The van der Waals surface area contributed by atoms with Crippen molar-refractivity contribution in [3.63, 3.8) is 0 Å². The molecule has 3 aromatic rings. The summed E-state index contributed by atoms with van der Waals surface area (Å²) in [6.45, 7) is 8.80. The van der Waals surface area contributed by atoms with Gasteiger partial charge in [0.1, 0.15) is 24.7 Å². The summed E-state index contributed by atoms with van der Waals surface area (Å²) in [7, 11) is 0. The molecule has 0 radical (unpaired) electrons. The van der Waals surface area contributed by atoms with Gasteiger partial charge in [-0.2, -0.15) is 23.1 Å². The van der Waals surface area contributed by atoms with Crippen molar-refractivity contribution in [1.82, 2.24) is 24.8 Å². The number of ether oxygens (including phenoxy) is 3. The first-order valence-electron chi connectivity index (χ1n) is 14.2. The molecular formula is C28H34F3N7O4. The second kappa shape index (κ2) is 11.5. The summed E-state index contributed by atoms with van der Waals surface area (Å²) in [6, 6.07) is 3.62. The molecule has 3 aliphatic rings. The average Bonchev–Trinajstić information content (AvgIpc) is 3.43. The number of amides is 1. The Morgan fingerprint density at radius 2 is 1.74 bits per heavy atom. The van der Waals surface area contributed by atoms with Gasteiger partial charge in [-0.3, -0.25) is 9.69 Å². The lowest BCUT2D eigenvalue weighted by Crippen LogP contribution is -2.50. The van der Waals surface area contributed by atoms with Gasteiger partial charge in [0.2, 0.25) is 5.95 Å². The number of anilines is 3. The molecule has 0 atom stereocenters. The minimum Gasteiger partial charge on any atom is -0.485 e. The number of rotatable bonds is 6. The molecule has 0 aliphatic carbocycles. The predicted octanol–water partition coefficient (Wildman–Crippen LogP) is 4.25. The number of H-pyrrole nitrogens is 1. The summed E-state index contributed by atoms with van der Waals surface area (Å²) in [5, 5.41) is 5.92. The van der Waals surface area contributed by atoms with E-state index < -0.39 is 11.7 Å². The minimum atomic E-state index is -4.58. The Bertz CT molecular complexity index is 1450. The maximum Gasteiger partial charge on any atom is 0.418 e. The van der Waals surface area contributed by atoms with E-state index in [2.05, 4.69) is 30.5 Å². The van der Waals surface area contributed by atoms with Crippen LogP contribution in [0.4, 0.5) is 30.6 Å². The molecule has 11 nitrogen and oxygen atoms in total. The van der Waals surface area contributed by atoms with E-state index in [1.807, 2.05) is 18.7 Å². The fourth-order valence-electron chi connectivity index (χ4n) is 5.76. The number of carbonyl (C=O) groups excluding carboxylic acids is 1. The molecule has 2 saturated heterocycles. The van der Waals surface area contributed by atoms with Gasteiger partial charge in [-0.05, 0) is 38.8 Å². The molecule has 1 amide bonds. The normalized spacial score (nSPS) is 18.5. The summed E-state index contributed by atoms with van der Waals surface area (Å²) >= 11 is 0. The lowest BCUT2D eigenvalue weighted by atomic mass is 10.0. The van der Waals surface area contributed by atoms with Crippen molar-refractivity contribution in [2.24, 2.45) is 0 Å². The molecule has 0 unspecified atom stereocenters. The molecule has 5 heterocycles. The number of hydrogen-bond acceptors (Lipinski definition) is 9. The van der Waals surface area contributed by atoms with Crippen LogP contribution in [0.15, 0.2) is 18.3 Å². The second-order valence-electron chi connectivity index (χ2n) is 10.9. The maximum atomic E-state index is 13.7. The fourth-order valence-corrected chi connectivity index (χ4v) is 5.76. The van der Waals surface area contributed by atoms with Crippen molar-refractivity contribution in [2.75, 3.05) is 63.2 Å². The molecule has 0 saturated carbocycles. The lowest BCUT2D eigenvalue weighted by molar-refractivity contribution is -0.136. The first kappa shape index (κ1) is 28.3. The number of alkyl halides is 3. The number of benzene rings is 1. The number of likely N-dealkylation sites (tertiary alicyclic amines) is 1. The van der Waals surface area contributed by atoms with E-state index in [1.54, 1.807) is 12.1 Å². The Balaban J connectivity index is 1.25. The molecule has 0 bridgehead atoms. The largest absolute Gasteiger partial charge is 0.485 e. The first-order valence-corrected chi connectivity index (χ1v) is 14.2. The first-order chi connectivity index (χ1) is 20.2. The molecule has 0 spiro atoms. The number of hydrogen-bond donors (Lipinski definition) is 3. The molecule has 2 fully saturated rings. The van der Waals surface area contributed by atoms with Gasteiger partial charge in [0.25, 0.3) is 5.91 Å². The highest BCUT2D eigenvalue weighted by Gasteiger charge is 2.36. The van der Waals surface area contributed by atoms with Crippen molar-refractivity contribution in [1.29, 1.82) is 0 Å². The summed E-state index contributed by atoms with van der Waals surface area (Å²) in [5.74, 6) is 0.634. The van der Waals surface area contributed by atoms with E-state index in [0.29, 0.717) is 41.9 Å². The van der Waals surface area contributed by atoms with E-state index in [0.717, 1.165) is 45.3 Å². The third kappa shape index (κ3) is 5.64. The summed E-state index contributed by atoms with van der Waals surface area (Å²) in [5.41, 5.74) is 0.0157.